The lowest BCUT2D eigenvalue weighted by molar-refractivity contribution is -0.143. The molecule has 1 heterocycles. The van der Waals surface area contributed by atoms with Gasteiger partial charge in [0, 0.05) is 13.3 Å². The number of hydrogen-bond donors (Lipinski definition) is 2. The van der Waals surface area contributed by atoms with Gasteiger partial charge in [0.2, 0.25) is 5.91 Å². The van der Waals surface area contributed by atoms with Crippen LogP contribution in [0.15, 0.2) is 23.9 Å². The van der Waals surface area contributed by atoms with Gasteiger partial charge in [-0.15, -0.1) is 0 Å². The van der Waals surface area contributed by atoms with Gasteiger partial charge in [0.1, 0.15) is 6.10 Å². The zero-order valence-electron chi connectivity index (χ0n) is 8.90. The van der Waals surface area contributed by atoms with Crippen molar-refractivity contribution in [1.82, 2.24) is 5.32 Å². The van der Waals surface area contributed by atoms with Crippen LogP contribution in [0.25, 0.3) is 0 Å². The molecule has 1 amide bonds. The highest BCUT2D eigenvalue weighted by Crippen LogP contribution is 2.33. The molecule has 5 heteroatoms. The second-order valence-corrected chi connectivity index (χ2v) is 4.01. The van der Waals surface area contributed by atoms with Crippen molar-refractivity contribution in [2.75, 3.05) is 0 Å². The molecule has 0 saturated carbocycles. The number of rotatable bonds is 1. The number of aliphatic hydroxyl groups is 1. The van der Waals surface area contributed by atoms with Crippen molar-refractivity contribution in [3.63, 3.8) is 0 Å². The van der Waals surface area contributed by atoms with Gasteiger partial charge in [-0.2, -0.15) is 0 Å². The Kier molecular flexibility index (Phi) is 2.55. The van der Waals surface area contributed by atoms with Gasteiger partial charge in [0.25, 0.3) is 0 Å². The fraction of sp³-hybridized carbons (Fsp3) is 0.455. The second kappa shape index (κ2) is 3.75. The number of carbonyl (C=O) groups is 2. The molecule has 1 spiro atoms. The predicted molar refractivity (Wildman–Crippen MR) is 55.1 cm³/mol. The van der Waals surface area contributed by atoms with Crippen LogP contribution >= 0.6 is 0 Å². The Morgan fingerprint density at radius 3 is 3.00 bits per heavy atom. The van der Waals surface area contributed by atoms with Crippen molar-refractivity contribution in [1.29, 1.82) is 0 Å². The average molecular weight is 223 g/mol. The van der Waals surface area contributed by atoms with Crippen LogP contribution in [0.4, 0.5) is 0 Å². The van der Waals surface area contributed by atoms with E-state index in [1.165, 1.54) is 13.0 Å². The molecule has 2 N–H and O–H groups in total. The highest BCUT2D eigenvalue weighted by molar-refractivity contribution is 5.76. The van der Waals surface area contributed by atoms with Crippen molar-refractivity contribution in [3.8, 4) is 0 Å². The molecule has 16 heavy (non-hydrogen) atoms. The van der Waals surface area contributed by atoms with E-state index >= 15 is 0 Å². The Morgan fingerprint density at radius 1 is 1.69 bits per heavy atom. The minimum absolute atomic E-state index is 0.264. The molecule has 1 aliphatic heterocycles. The molecule has 0 radical (unpaired) electrons. The number of aliphatic hydroxyl groups excluding tert-OH is 1. The lowest BCUT2D eigenvalue weighted by atomic mass is 9.92. The molecule has 0 aromatic carbocycles. The molecule has 2 aliphatic rings. The maximum atomic E-state index is 11.1. The highest BCUT2D eigenvalue weighted by atomic mass is 16.6. The molecule has 1 unspecified atom stereocenters. The molecule has 0 aromatic heterocycles. The van der Waals surface area contributed by atoms with E-state index in [4.69, 9.17) is 4.74 Å². The zero-order valence-corrected chi connectivity index (χ0v) is 8.90. The normalized spacial score (nSPS) is 32.5. The topological polar surface area (TPSA) is 75.6 Å². The summed E-state index contributed by atoms with van der Waals surface area (Å²) in [7, 11) is 0. The summed E-state index contributed by atoms with van der Waals surface area (Å²) in [5.41, 5.74) is -0.418. The summed E-state index contributed by atoms with van der Waals surface area (Å²) >= 11 is 0. The summed E-state index contributed by atoms with van der Waals surface area (Å²) in [6.07, 6.45) is 4.82. The standard InChI is InChI=1S/C11H13NO4/c1-7(13)12-8-6-11(4-2-9(8)14)5-3-10(15)16-11/h2,4,6,9,14H,3,5H2,1H3,(H,12,13)/t9?,11-/m0/s1. The average Bonchev–Trinajstić information content (AvgIpc) is 2.54. The Morgan fingerprint density at radius 2 is 2.44 bits per heavy atom. The van der Waals surface area contributed by atoms with Gasteiger partial charge >= 0.3 is 5.97 Å². The molecule has 1 saturated heterocycles. The molecular weight excluding hydrogens is 210 g/mol. The molecule has 2 atom stereocenters. The zero-order chi connectivity index (χ0) is 11.8. The van der Waals surface area contributed by atoms with E-state index in [1.807, 2.05) is 0 Å². The Labute approximate surface area is 92.8 Å². The smallest absolute Gasteiger partial charge is 0.307 e. The first-order valence-corrected chi connectivity index (χ1v) is 5.10. The Balaban J connectivity index is 2.23. The van der Waals surface area contributed by atoms with Gasteiger partial charge in [-0.05, 0) is 18.2 Å². The quantitative estimate of drug-likeness (QED) is 0.485. The van der Waals surface area contributed by atoms with Crippen LogP contribution in [-0.2, 0) is 14.3 Å². The van der Waals surface area contributed by atoms with Crippen LogP contribution in [0.1, 0.15) is 19.8 Å². The third kappa shape index (κ3) is 1.99. The van der Waals surface area contributed by atoms with Crippen molar-refractivity contribution < 1.29 is 19.4 Å². The van der Waals surface area contributed by atoms with E-state index in [1.54, 1.807) is 12.2 Å². The summed E-state index contributed by atoms with van der Waals surface area (Å²) in [6.45, 7) is 1.36. The van der Waals surface area contributed by atoms with Gasteiger partial charge in [-0.25, -0.2) is 0 Å². The number of nitrogens with one attached hydrogen (secondary N) is 1. The largest absolute Gasteiger partial charge is 0.450 e. The molecule has 1 fully saturated rings. The number of amides is 1. The van der Waals surface area contributed by atoms with Crippen molar-refractivity contribution in [2.24, 2.45) is 0 Å². The monoisotopic (exact) mass is 223 g/mol. The third-order valence-electron chi connectivity index (χ3n) is 2.62. The summed E-state index contributed by atoms with van der Waals surface area (Å²) in [6, 6.07) is 0. The third-order valence-corrected chi connectivity index (χ3v) is 2.62. The summed E-state index contributed by atoms with van der Waals surface area (Å²) < 4.78 is 5.19. The first-order valence-electron chi connectivity index (χ1n) is 5.10. The minimum atomic E-state index is -0.853. The van der Waals surface area contributed by atoms with Crippen molar-refractivity contribution >= 4 is 11.9 Å². The number of esters is 1. The second-order valence-electron chi connectivity index (χ2n) is 4.01. The van der Waals surface area contributed by atoms with Crippen LogP contribution in [0.3, 0.4) is 0 Å². The van der Waals surface area contributed by atoms with Gasteiger partial charge in [-0.1, -0.05) is 0 Å². The lowest BCUT2D eigenvalue weighted by Gasteiger charge is -2.27. The minimum Gasteiger partial charge on any atom is -0.450 e. The van der Waals surface area contributed by atoms with E-state index < -0.39 is 11.7 Å². The van der Waals surface area contributed by atoms with E-state index in [0.717, 1.165) is 0 Å². The van der Waals surface area contributed by atoms with Crippen LogP contribution in [0.5, 0.6) is 0 Å². The summed E-state index contributed by atoms with van der Waals surface area (Å²) in [4.78, 5) is 22.0. The van der Waals surface area contributed by atoms with Crippen molar-refractivity contribution in [2.45, 2.75) is 31.5 Å². The molecule has 1 aliphatic carbocycles. The van der Waals surface area contributed by atoms with Gasteiger partial charge in [0.05, 0.1) is 12.1 Å². The predicted octanol–water partition coefficient (Wildman–Crippen LogP) is 0.0129. The summed E-state index contributed by atoms with van der Waals surface area (Å²) in [5.74, 6) is -0.528. The number of ether oxygens (including phenoxy) is 1. The first-order chi connectivity index (χ1) is 7.51. The SMILES string of the molecule is CC(=O)NC1=C[C@]2(C=CC1O)CCC(=O)O2. The van der Waals surface area contributed by atoms with Crippen LogP contribution in [0.2, 0.25) is 0 Å². The Hall–Kier alpha value is -1.62. The fourth-order valence-corrected chi connectivity index (χ4v) is 1.90. The van der Waals surface area contributed by atoms with Crippen LogP contribution in [0, 0.1) is 0 Å². The van der Waals surface area contributed by atoms with E-state index in [-0.39, 0.29) is 11.9 Å². The van der Waals surface area contributed by atoms with Crippen LogP contribution in [-0.4, -0.2) is 28.7 Å². The molecule has 5 nitrogen and oxygen atoms in total. The maximum Gasteiger partial charge on any atom is 0.307 e. The van der Waals surface area contributed by atoms with Gasteiger partial charge in [-0.3, -0.25) is 9.59 Å². The van der Waals surface area contributed by atoms with Crippen LogP contribution < -0.4 is 5.32 Å². The van der Waals surface area contributed by atoms with Gasteiger partial charge in [0.15, 0.2) is 5.60 Å². The van der Waals surface area contributed by atoms with E-state index in [0.29, 0.717) is 18.5 Å². The number of carbonyl (C=O) groups excluding carboxylic acids is 2. The highest BCUT2D eigenvalue weighted by Gasteiger charge is 2.39. The lowest BCUT2D eigenvalue weighted by Crippen LogP contribution is -2.35. The van der Waals surface area contributed by atoms with Crippen molar-refractivity contribution in [3.05, 3.63) is 23.9 Å². The molecule has 0 aromatic rings. The molecule has 2 rings (SSSR count). The fourth-order valence-electron chi connectivity index (χ4n) is 1.90. The number of hydrogen-bond acceptors (Lipinski definition) is 4. The molecule has 0 bridgehead atoms. The Bertz CT molecular complexity index is 399. The van der Waals surface area contributed by atoms with E-state index in [9.17, 15) is 14.7 Å². The maximum absolute atomic E-state index is 11.1. The van der Waals surface area contributed by atoms with Gasteiger partial charge < -0.3 is 15.2 Å². The van der Waals surface area contributed by atoms with E-state index in [2.05, 4.69) is 5.32 Å². The molecule has 86 valence electrons. The molecular formula is C11H13NO4. The first kappa shape index (κ1) is 10.9. The summed E-state index contributed by atoms with van der Waals surface area (Å²) in [5, 5.41) is 12.1.